The van der Waals surface area contributed by atoms with Crippen LogP contribution in [0.2, 0.25) is 0 Å². The lowest BCUT2D eigenvalue weighted by molar-refractivity contribution is -0.0430. The van der Waals surface area contributed by atoms with Crippen molar-refractivity contribution in [2.75, 3.05) is 14.1 Å². The van der Waals surface area contributed by atoms with E-state index in [2.05, 4.69) is 6.58 Å². The van der Waals surface area contributed by atoms with Crippen LogP contribution in [0.3, 0.4) is 0 Å². The number of halogens is 3. The van der Waals surface area contributed by atoms with Crippen LogP contribution < -0.4 is 0 Å². The Kier molecular flexibility index (Phi) is 5.65. The van der Waals surface area contributed by atoms with E-state index in [-0.39, 0.29) is 5.56 Å². The van der Waals surface area contributed by atoms with Crippen molar-refractivity contribution < 1.29 is 30.0 Å². The smallest absolute Gasteiger partial charge is 0.252 e. The van der Waals surface area contributed by atoms with Crippen LogP contribution in [0.5, 0.6) is 0 Å². The topological polar surface area (TPSA) is 71.5 Å². The molecule has 0 saturated heterocycles. The molecule has 1 aromatic carbocycles. The van der Waals surface area contributed by atoms with Crippen molar-refractivity contribution in [3.05, 3.63) is 46.6 Å². The van der Waals surface area contributed by atoms with Gasteiger partial charge in [0, 0.05) is 0 Å². The third-order valence-corrected chi connectivity index (χ3v) is 7.26. The van der Waals surface area contributed by atoms with Gasteiger partial charge in [-0.1, -0.05) is 42.5 Å². The Bertz CT molecular complexity index is 766. The number of nitrogens with zero attached hydrogens (tertiary/aromatic N) is 1. The number of hydrogen-bond donors (Lipinski definition) is 0. The predicted octanol–water partition coefficient (Wildman–Crippen LogP) is 2.19. The van der Waals surface area contributed by atoms with E-state index < -0.39 is 36.4 Å². The summed E-state index contributed by atoms with van der Waals surface area (Å²) >= 11 is 0. The minimum absolute atomic E-state index is 0.115. The second-order valence-corrected chi connectivity index (χ2v) is 9.13. The van der Waals surface area contributed by atoms with E-state index in [0.29, 0.717) is 9.87 Å². The molecule has 130 valence electrons. The van der Waals surface area contributed by atoms with Gasteiger partial charge in [-0.2, -0.15) is 13.2 Å². The highest BCUT2D eigenvalue weighted by atomic mass is 32.3. The average Bonchev–Trinajstić information content (AvgIpc) is 2.43. The van der Waals surface area contributed by atoms with Crippen molar-refractivity contribution in [1.82, 2.24) is 4.31 Å². The summed E-state index contributed by atoms with van der Waals surface area (Å²) in [5, 5.41) is 0. The van der Waals surface area contributed by atoms with Crippen molar-refractivity contribution in [1.29, 1.82) is 0 Å². The van der Waals surface area contributed by atoms with Crippen LogP contribution in [0.4, 0.5) is 13.2 Å². The molecule has 0 spiro atoms. The minimum Gasteiger partial charge on any atom is -0.252 e. The van der Waals surface area contributed by atoms with Gasteiger partial charge >= 0.3 is 5.51 Å². The molecule has 0 aliphatic rings. The number of rotatable bonds is 6. The maximum atomic E-state index is 12.8. The van der Waals surface area contributed by atoms with Gasteiger partial charge in [-0.05, 0) is 24.2 Å². The molecule has 0 aliphatic heterocycles. The summed E-state index contributed by atoms with van der Waals surface area (Å²) in [6.45, 7) is 3.50. The third-order valence-electron chi connectivity index (χ3n) is 2.94. The summed E-state index contributed by atoms with van der Waals surface area (Å²) in [5.74, 6) is 0. The maximum absolute atomic E-state index is 12.8. The Balaban J connectivity index is 3.39. The second kappa shape index (κ2) is 6.62. The molecule has 0 heterocycles. The van der Waals surface area contributed by atoms with Crippen LogP contribution in [-0.4, -0.2) is 40.7 Å². The van der Waals surface area contributed by atoms with Crippen molar-refractivity contribution in [3.63, 3.8) is 0 Å². The number of sulfonamides is 1. The van der Waals surface area contributed by atoms with E-state index in [1.54, 1.807) is 0 Å². The molecule has 0 bridgehead atoms. The zero-order valence-electron chi connectivity index (χ0n) is 12.3. The molecule has 0 unspecified atom stereocenters. The highest BCUT2D eigenvalue weighted by molar-refractivity contribution is 8.12. The Hall–Kier alpha value is -1.39. The SMILES string of the molecule is C=Cc1ccc(C[C-](S(=O)(=O)N(C)C)S(=O)(=O)C(F)(F)F)cc1. The molecular weight excluding hydrogens is 355 g/mol. The van der Waals surface area contributed by atoms with Crippen molar-refractivity contribution in [2.24, 2.45) is 0 Å². The van der Waals surface area contributed by atoms with Crippen LogP contribution in [0.1, 0.15) is 11.1 Å². The van der Waals surface area contributed by atoms with E-state index in [4.69, 9.17) is 0 Å². The van der Waals surface area contributed by atoms with Crippen LogP contribution >= 0.6 is 0 Å². The largest absolute Gasteiger partial charge is 0.469 e. The fraction of sp³-hybridized carbons (Fsp3) is 0.308. The highest BCUT2D eigenvalue weighted by Crippen LogP contribution is 2.37. The summed E-state index contributed by atoms with van der Waals surface area (Å²) in [6.07, 6.45) is 0.594. The first-order valence-electron chi connectivity index (χ1n) is 6.15. The van der Waals surface area contributed by atoms with Gasteiger partial charge in [0.2, 0.25) is 0 Å². The molecule has 10 heteroatoms. The fourth-order valence-corrected chi connectivity index (χ4v) is 4.81. The predicted molar refractivity (Wildman–Crippen MR) is 81.1 cm³/mol. The quantitative estimate of drug-likeness (QED) is 0.720. The summed E-state index contributed by atoms with van der Waals surface area (Å²) in [7, 11) is -8.84. The number of sulfone groups is 1. The average molecular weight is 370 g/mol. The molecule has 0 saturated carbocycles. The Labute approximate surface area is 133 Å². The first-order valence-corrected chi connectivity index (χ1v) is 9.07. The lowest BCUT2D eigenvalue weighted by Gasteiger charge is -2.33. The summed E-state index contributed by atoms with van der Waals surface area (Å²) < 4.78 is 84.6. The first-order chi connectivity index (χ1) is 10.3. The van der Waals surface area contributed by atoms with Crippen molar-refractivity contribution in [3.8, 4) is 0 Å². The summed E-state index contributed by atoms with van der Waals surface area (Å²) in [6, 6.07) is 5.66. The van der Waals surface area contributed by atoms with E-state index in [0.717, 1.165) is 14.1 Å². The van der Waals surface area contributed by atoms with E-state index in [9.17, 15) is 30.0 Å². The van der Waals surface area contributed by atoms with Gasteiger partial charge in [0.1, 0.15) is 19.9 Å². The summed E-state index contributed by atoms with van der Waals surface area (Å²) in [4.78, 5) is 0. The van der Waals surface area contributed by atoms with Crippen molar-refractivity contribution >= 4 is 25.9 Å². The zero-order valence-corrected chi connectivity index (χ0v) is 14.0. The van der Waals surface area contributed by atoms with Crippen LogP contribution in [-0.2, 0) is 26.3 Å². The van der Waals surface area contributed by atoms with Gasteiger partial charge in [0.15, 0.2) is 0 Å². The number of benzene rings is 1. The molecule has 1 rings (SSSR count). The molecular formula is C13H15F3NO4S2-. The summed E-state index contributed by atoms with van der Waals surface area (Å²) in [5.41, 5.74) is -4.93. The fourth-order valence-electron chi connectivity index (χ4n) is 1.60. The molecule has 5 nitrogen and oxygen atoms in total. The van der Waals surface area contributed by atoms with Gasteiger partial charge < -0.3 is 0 Å². The highest BCUT2D eigenvalue weighted by Gasteiger charge is 2.46. The van der Waals surface area contributed by atoms with E-state index in [1.165, 1.54) is 30.3 Å². The lowest BCUT2D eigenvalue weighted by Crippen LogP contribution is -2.39. The molecule has 0 aromatic heterocycles. The van der Waals surface area contributed by atoms with Crippen LogP contribution in [0, 0.1) is 4.58 Å². The molecule has 0 atom stereocenters. The van der Waals surface area contributed by atoms with E-state index in [1.807, 2.05) is 0 Å². The molecule has 0 aliphatic carbocycles. The van der Waals surface area contributed by atoms with Crippen molar-refractivity contribution in [2.45, 2.75) is 11.9 Å². The normalized spacial score (nSPS) is 13.5. The minimum atomic E-state index is -5.99. The molecule has 23 heavy (non-hydrogen) atoms. The zero-order chi connectivity index (χ0) is 18.1. The standard InChI is InChI=1S/C13H15F3NO4S2/c1-4-10-5-7-11(8-6-10)9-12(23(20,21)17(2)3)22(18,19)13(14,15)16/h4-8H,1,9H2,2-3H3/q-1. The van der Waals surface area contributed by atoms with Gasteiger partial charge in [-0.25, -0.2) is 12.7 Å². The number of alkyl halides is 3. The lowest BCUT2D eigenvalue weighted by atomic mass is 10.1. The van der Waals surface area contributed by atoms with Gasteiger partial charge in [0.05, 0.1) is 0 Å². The second-order valence-electron chi connectivity index (χ2n) is 4.73. The maximum Gasteiger partial charge on any atom is 0.469 e. The monoisotopic (exact) mass is 370 g/mol. The Morgan fingerprint density at radius 2 is 1.61 bits per heavy atom. The molecule has 0 radical (unpaired) electrons. The molecule has 0 N–H and O–H groups in total. The van der Waals surface area contributed by atoms with Gasteiger partial charge in [0.25, 0.3) is 0 Å². The van der Waals surface area contributed by atoms with E-state index >= 15 is 0 Å². The molecule has 0 fully saturated rings. The molecule has 0 amide bonds. The van der Waals surface area contributed by atoms with Gasteiger partial charge in [-0.15, -0.1) is 6.42 Å². The van der Waals surface area contributed by atoms with Gasteiger partial charge in [-0.3, -0.25) is 8.42 Å². The molecule has 1 aromatic rings. The van der Waals surface area contributed by atoms with Crippen LogP contribution in [0.15, 0.2) is 30.8 Å². The van der Waals surface area contributed by atoms with Crippen LogP contribution in [0.25, 0.3) is 6.08 Å². The number of hydrogen-bond acceptors (Lipinski definition) is 4. The third kappa shape index (κ3) is 4.12. The Morgan fingerprint density at radius 3 is 1.96 bits per heavy atom. The Morgan fingerprint density at radius 1 is 1.13 bits per heavy atom. The first kappa shape index (κ1) is 19.7.